The summed E-state index contributed by atoms with van der Waals surface area (Å²) in [6.45, 7) is 5.89. The first kappa shape index (κ1) is 22.3. The van der Waals surface area contributed by atoms with E-state index >= 15 is 0 Å². The van der Waals surface area contributed by atoms with Crippen molar-refractivity contribution < 1.29 is 18.1 Å². The highest BCUT2D eigenvalue weighted by Crippen LogP contribution is 2.24. The normalized spacial score (nSPS) is 11.7. The van der Waals surface area contributed by atoms with Crippen LogP contribution in [-0.4, -0.2) is 36.6 Å². The summed E-state index contributed by atoms with van der Waals surface area (Å²) in [6.07, 6.45) is 2.51. The van der Waals surface area contributed by atoms with E-state index in [0.717, 1.165) is 0 Å². The molecule has 1 amide bonds. The van der Waals surface area contributed by atoms with Crippen molar-refractivity contribution in [3.8, 4) is 0 Å². The molecule has 0 aliphatic carbocycles. The summed E-state index contributed by atoms with van der Waals surface area (Å²) >= 11 is 0. The fraction of sp³-hybridized carbons (Fsp3) is 0.250. The molecule has 0 unspecified atom stereocenters. The highest BCUT2D eigenvalue weighted by Gasteiger charge is 2.24. The number of para-hydroxylation sites is 1. The molecule has 0 heterocycles. The lowest BCUT2D eigenvalue weighted by molar-refractivity contribution is -0.385. The van der Waals surface area contributed by atoms with Crippen molar-refractivity contribution in [2.24, 2.45) is 0 Å². The van der Waals surface area contributed by atoms with E-state index < -0.39 is 20.9 Å². The molecule has 0 aliphatic heterocycles. The van der Waals surface area contributed by atoms with Crippen molar-refractivity contribution in [1.82, 2.24) is 4.31 Å². The monoisotopic (exact) mass is 417 g/mol. The Morgan fingerprint density at radius 1 is 1.17 bits per heavy atom. The second-order valence-corrected chi connectivity index (χ2v) is 8.11. The number of nitrogens with zero attached hydrogens (tertiary/aromatic N) is 2. The molecular formula is C20H23N3O5S. The molecule has 9 heteroatoms. The van der Waals surface area contributed by atoms with Gasteiger partial charge in [-0.25, -0.2) is 8.42 Å². The minimum Gasteiger partial charge on any atom is -0.322 e. The van der Waals surface area contributed by atoms with Gasteiger partial charge in [-0.1, -0.05) is 32.0 Å². The van der Waals surface area contributed by atoms with E-state index in [2.05, 4.69) is 5.32 Å². The fourth-order valence-corrected chi connectivity index (χ4v) is 4.51. The predicted octanol–water partition coefficient (Wildman–Crippen LogP) is 3.59. The van der Waals surface area contributed by atoms with Gasteiger partial charge < -0.3 is 5.32 Å². The lowest BCUT2D eigenvalue weighted by Gasteiger charge is -2.20. The number of hydrogen-bond donors (Lipinski definition) is 1. The number of sulfonamides is 1. The molecule has 8 nitrogen and oxygen atoms in total. The van der Waals surface area contributed by atoms with Crippen LogP contribution in [0.3, 0.4) is 0 Å². The van der Waals surface area contributed by atoms with E-state index in [1.807, 2.05) is 0 Å². The third-order valence-corrected chi connectivity index (χ3v) is 6.52. The van der Waals surface area contributed by atoms with Crippen LogP contribution in [0.4, 0.5) is 11.4 Å². The summed E-state index contributed by atoms with van der Waals surface area (Å²) < 4.78 is 26.9. The highest BCUT2D eigenvalue weighted by molar-refractivity contribution is 7.89. The molecule has 0 radical (unpaired) electrons. The molecule has 0 bridgehead atoms. The number of anilines is 1. The molecule has 0 saturated heterocycles. The Balaban J connectivity index is 2.25. The van der Waals surface area contributed by atoms with Crippen LogP contribution in [0.15, 0.2) is 53.4 Å². The lowest BCUT2D eigenvalue weighted by Crippen LogP contribution is -2.31. The molecule has 29 heavy (non-hydrogen) atoms. The van der Waals surface area contributed by atoms with Gasteiger partial charge in [-0.15, -0.1) is 0 Å². The summed E-state index contributed by atoms with van der Waals surface area (Å²) in [5, 5.41) is 13.6. The van der Waals surface area contributed by atoms with Gasteiger partial charge in [0.15, 0.2) is 0 Å². The SMILES string of the molecule is CCN(CC)S(=O)(=O)c1cc(NC(=O)/C=C/c2ccccc2[N+](=O)[O-])ccc1C. The van der Waals surface area contributed by atoms with Gasteiger partial charge >= 0.3 is 0 Å². The van der Waals surface area contributed by atoms with Crippen LogP contribution in [-0.2, 0) is 14.8 Å². The largest absolute Gasteiger partial charge is 0.322 e. The Bertz CT molecular complexity index is 1040. The van der Waals surface area contributed by atoms with E-state index in [1.165, 1.54) is 34.7 Å². The average Bonchev–Trinajstić information content (AvgIpc) is 2.68. The third-order valence-electron chi connectivity index (χ3n) is 4.33. The number of nitrogens with one attached hydrogen (secondary N) is 1. The van der Waals surface area contributed by atoms with Gasteiger partial charge in [-0.05, 0) is 36.8 Å². The van der Waals surface area contributed by atoms with Crippen LogP contribution >= 0.6 is 0 Å². The Kier molecular flexibility index (Phi) is 7.24. The molecule has 0 spiro atoms. The maximum Gasteiger partial charge on any atom is 0.276 e. The first-order chi connectivity index (χ1) is 13.7. The molecule has 0 fully saturated rings. The molecule has 2 rings (SSSR count). The summed E-state index contributed by atoms with van der Waals surface area (Å²) in [7, 11) is -3.67. The molecule has 2 aromatic rings. The van der Waals surface area contributed by atoms with Crippen LogP contribution in [0, 0.1) is 17.0 Å². The minimum atomic E-state index is -3.67. The van der Waals surface area contributed by atoms with Crippen molar-refractivity contribution in [1.29, 1.82) is 0 Å². The van der Waals surface area contributed by atoms with E-state index in [4.69, 9.17) is 0 Å². The molecule has 0 aromatic heterocycles. The fourth-order valence-electron chi connectivity index (χ4n) is 2.80. The van der Waals surface area contributed by atoms with Gasteiger partial charge in [0.2, 0.25) is 15.9 Å². The van der Waals surface area contributed by atoms with Gasteiger partial charge in [0.05, 0.1) is 15.4 Å². The maximum atomic E-state index is 12.8. The Morgan fingerprint density at radius 2 is 1.83 bits per heavy atom. The maximum absolute atomic E-state index is 12.8. The molecule has 0 saturated carbocycles. The predicted molar refractivity (Wildman–Crippen MR) is 112 cm³/mol. The number of amides is 1. The zero-order valence-corrected chi connectivity index (χ0v) is 17.3. The Labute approximate surface area is 170 Å². The second-order valence-electron chi connectivity index (χ2n) is 6.21. The highest BCUT2D eigenvalue weighted by atomic mass is 32.2. The summed E-state index contributed by atoms with van der Waals surface area (Å²) in [5.74, 6) is -0.529. The van der Waals surface area contributed by atoms with Crippen LogP contribution in [0.5, 0.6) is 0 Å². The number of nitro benzene ring substituents is 1. The van der Waals surface area contributed by atoms with Crippen molar-refractivity contribution in [2.75, 3.05) is 18.4 Å². The topological polar surface area (TPSA) is 110 Å². The van der Waals surface area contributed by atoms with Gasteiger partial charge in [0.25, 0.3) is 5.69 Å². The third kappa shape index (κ3) is 5.27. The van der Waals surface area contributed by atoms with Crippen molar-refractivity contribution in [2.45, 2.75) is 25.7 Å². The first-order valence-corrected chi connectivity index (χ1v) is 10.5. The number of carbonyl (C=O) groups is 1. The average molecular weight is 417 g/mol. The van der Waals surface area contributed by atoms with Crippen LogP contribution < -0.4 is 5.32 Å². The minimum absolute atomic E-state index is 0.112. The van der Waals surface area contributed by atoms with Crippen LogP contribution in [0.1, 0.15) is 25.0 Å². The molecule has 1 N–H and O–H groups in total. The summed E-state index contributed by atoms with van der Waals surface area (Å²) in [5.41, 5.74) is 1.07. The first-order valence-electron chi connectivity index (χ1n) is 9.04. The van der Waals surface area contributed by atoms with Crippen molar-refractivity contribution in [3.63, 3.8) is 0 Å². The van der Waals surface area contributed by atoms with Crippen LogP contribution in [0.2, 0.25) is 0 Å². The Hall–Kier alpha value is -3.04. The van der Waals surface area contributed by atoms with Gasteiger partial charge in [-0.2, -0.15) is 4.31 Å². The summed E-state index contributed by atoms with van der Waals surface area (Å²) in [6, 6.07) is 10.7. The number of carbonyl (C=O) groups excluding carboxylic acids is 1. The molecule has 154 valence electrons. The molecule has 0 aliphatic rings. The van der Waals surface area contributed by atoms with Gasteiger partial charge in [0, 0.05) is 30.9 Å². The van der Waals surface area contributed by atoms with E-state index in [9.17, 15) is 23.3 Å². The second kappa shape index (κ2) is 9.44. The van der Waals surface area contributed by atoms with Crippen LogP contribution in [0.25, 0.3) is 6.08 Å². The van der Waals surface area contributed by atoms with Crippen molar-refractivity contribution in [3.05, 3.63) is 69.8 Å². The quantitative estimate of drug-likeness (QED) is 0.401. The Morgan fingerprint density at radius 3 is 2.45 bits per heavy atom. The smallest absolute Gasteiger partial charge is 0.276 e. The van der Waals surface area contributed by atoms with Crippen molar-refractivity contribution >= 4 is 33.4 Å². The van der Waals surface area contributed by atoms with E-state index in [1.54, 1.807) is 45.0 Å². The molecule has 0 atom stereocenters. The molecular weight excluding hydrogens is 394 g/mol. The van der Waals surface area contributed by atoms with Gasteiger partial charge in [0.1, 0.15) is 0 Å². The summed E-state index contributed by atoms with van der Waals surface area (Å²) in [4.78, 5) is 22.9. The zero-order chi connectivity index (χ0) is 21.6. The lowest BCUT2D eigenvalue weighted by atomic mass is 10.1. The number of benzene rings is 2. The van der Waals surface area contributed by atoms with E-state index in [0.29, 0.717) is 29.9 Å². The number of rotatable bonds is 8. The van der Waals surface area contributed by atoms with Gasteiger partial charge in [-0.3, -0.25) is 14.9 Å². The standard InChI is InChI=1S/C20H23N3O5S/c1-4-22(5-2)29(27,28)19-14-17(12-10-15(19)3)21-20(24)13-11-16-8-6-7-9-18(16)23(25)26/h6-14H,4-5H2,1-3H3,(H,21,24)/b13-11+. The number of aryl methyl sites for hydroxylation is 1. The zero-order valence-electron chi connectivity index (χ0n) is 16.5. The van der Waals surface area contributed by atoms with E-state index in [-0.39, 0.29) is 10.6 Å². The molecule has 2 aromatic carbocycles. The number of hydrogen-bond acceptors (Lipinski definition) is 5. The number of nitro groups is 1.